The molecule has 2 rings (SSSR count). The molecule has 0 atom stereocenters. The van der Waals surface area contributed by atoms with Crippen molar-refractivity contribution < 1.29 is 13.2 Å². The van der Waals surface area contributed by atoms with Crippen LogP contribution in [0.1, 0.15) is 11.3 Å². The molecule has 0 amide bonds. The second kappa shape index (κ2) is 2.73. The van der Waals surface area contributed by atoms with Gasteiger partial charge in [-0.3, -0.25) is 0 Å². The number of aromatic nitrogens is 2. The summed E-state index contributed by atoms with van der Waals surface area (Å²) in [7, 11) is 0. The number of aromatic amines is 1. The highest BCUT2D eigenvalue weighted by Crippen LogP contribution is 2.30. The van der Waals surface area contributed by atoms with E-state index in [1.54, 1.807) is 13.1 Å². The maximum atomic E-state index is 12.3. The van der Waals surface area contributed by atoms with Crippen LogP contribution >= 0.6 is 0 Å². The van der Waals surface area contributed by atoms with Crippen molar-refractivity contribution in [3.63, 3.8) is 0 Å². The van der Waals surface area contributed by atoms with Gasteiger partial charge < -0.3 is 4.98 Å². The van der Waals surface area contributed by atoms with Crippen molar-refractivity contribution in [1.29, 1.82) is 0 Å². The quantitative estimate of drug-likeness (QED) is 0.695. The highest BCUT2D eigenvalue weighted by molar-refractivity contribution is 5.78. The second-order valence-corrected chi connectivity index (χ2v) is 3.06. The fourth-order valence-corrected chi connectivity index (χ4v) is 1.35. The molecule has 0 aliphatic rings. The highest BCUT2D eigenvalue weighted by atomic mass is 19.4. The number of pyridine rings is 1. The first-order chi connectivity index (χ1) is 6.48. The summed E-state index contributed by atoms with van der Waals surface area (Å²) >= 11 is 0. The van der Waals surface area contributed by atoms with E-state index in [0.717, 1.165) is 6.07 Å². The van der Waals surface area contributed by atoms with Gasteiger partial charge in [0.1, 0.15) is 5.69 Å². The van der Waals surface area contributed by atoms with Gasteiger partial charge in [-0.05, 0) is 24.6 Å². The molecule has 0 bridgehead atoms. The van der Waals surface area contributed by atoms with E-state index >= 15 is 0 Å². The normalized spacial score (nSPS) is 12.3. The number of nitrogens with one attached hydrogen (secondary N) is 1. The lowest BCUT2D eigenvalue weighted by Gasteiger charge is -2.06. The number of H-pyrrole nitrogens is 1. The van der Waals surface area contributed by atoms with Gasteiger partial charge in [0.25, 0.3) is 0 Å². The molecular weight excluding hydrogens is 193 g/mol. The zero-order chi connectivity index (χ0) is 10.3. The van der Waals surface area contributed by atoms with E-state index in [4.69, 9.17) is 0 Å². The first-order valence-corrected chi connectivity index (χ1v) is 4.00. The molecule has 0 saturated heterocycles. The Balaban J connectivity index is 2.70. The molecule has 5 heteroatoms. The van der Waals surface area contributed by atoms with Crippen LogP contribution in [0.3, 0.4) is 0 Å². The van der Waals surface area contributed by atoms with E-state index < -0.39 is 11.9 Å². The van der Waals surface area contributed by atoms with Crippen molar-refractivity contribution in [2.24, 2.45) is 0 Å². The largest absolute Gasteiger partial charge is 0.433 e. The Morgan fingerprint density at radius 2 is 2.07 bits per heavy atom. The third-order valence-electron chi connectivity index (χ3n) is 2.00. The van der Waals surface area contributed by atoms with Crippen molar-refractivity contribution in [2.75, 3.05) is 0 Å². The molecule has 0 radical (unpaired) electrons. The lowest BCUT2D eigenvalue weighted by Crippen LogP contribution is -2.08. The summed E-state index contributed by atoms with van der Waals surface area (Å²) in [5.74, 6) is 0. The number of hydrogen-bond donors (Lipinski definition) is 1. The number of aryl methyl sites for hydroxylation is 1. The summed E-state index contributed by atoms with van der Waals surface area (Å²) in [4.78, 5) is 6.35. The van der Waals surface area contributed by atoms with Crippen LogP contribution < -0.4 is 0 Å². The summed E-state index contributed by atoms with van der Waals surface area (Å²) in [6.07, 6.45) is -2.80. The number of hydrogen-bond acceptors (Lipinski definition) is 1. The molecule has 0 spiro atoms. The van der Waals surface area contributed by atoms with Gasteiger partial charge >= 0.3 is 6.18 Å². The third-order valence-corrected chi connectivity index (χ3v) is 2.00. The molecule has 0 aromatic carbocycles. The van der Waals surface area contributed by atoms with Crippen LogP contribution in [-0.2, 0) is 6.18 Å². The monoisotopic (exact) mass is 200 g/mol. The topological polar surface area (TPSA) is 28.7 Å². The van der Waals surface area contributed by atoms with Crippen LogP contribution in [0.4, 0.5) is 13.2 Å². The lowest BCUT2D eigenvalue weighted by atomic mass is 10.2. The van der Waals surface area contributed by atoms with Gasteiger partial charge in [-0.15, -0.1) is 0 Å². The van der Waals surface area contributed by atoms with Gasteiger partial charge in [0.05, 0.1) is 11.0 Å². The predicted molar refractivity (Wildman–Crippen MR) is 45.8 cm³/mol. The van der Waals surface area contributed by atoms with Gasteiger partial charge in [0.2, 0.25) is 0 Å². The predicted octanol–water partition coefficient (Wildman–Crippen LogP) is 2.89. The first kappa shape index (κ1) is 9.05. The molecule has 2 heterocycles. The van der Waals surface area contributed by atoms with Gasteiger partial charge in [-0.1, -0.05) is 0 Å². The summed E-state index contributed by atoms with van der Waals surface area (Å²) in [5.41, 5.74) is 0.699. The van der Waals surface area contributed by atoms with Gasteiger partial charge in [0.15, 0.2) is 0 Å². The number of rotatable bonds is 0. The van der Waals surface area contributed by atoms with Gasteiger partial charge in [-0.25, -0.2) is 4.98 Å². The molecule has 2 nitrogen and oxygen atoms in total. The van der Waals surface area contributed by atoms with Gasteiger partial charge in [0, 0.05) is 6.20 Å². The van der Waals surface area contributed by atoms with E-state index in [1.807, 2.05) is 0 Å². The van der Waals surface area contributed by atoms with Crippen LogP contribution in [0, 0.1) is 6.92 Å². The van der Waals surface area contributed by atoms with Crippen LogP contribution in [0.5, 0.6) is 0 Å². The standard InChI is InChI=1S/C9H7F3N2/c1-5-4-7(9(10,11)12)14-6-2-3-13-8(5)6/h2-4,13H,1H3. The average molecular weight is 200 g/mol. The van der Waals surface area contributed by atoms with Crippen LogP contribution in [0.2, 0.25) is 0 Å². The van der Waals surface area contributed by atoms with E-state index in [9.17, 15) is 13.2 Å². The fraction of sp³-hybridized carbons (Fsp3) is 0.222. The number of nitrogens with zero attached hydrogens (tertiary/aromatic N) is 1. The third kappa shape index (κ3) is 1.34. The Bertz CT molecular complexity index is 470. The molecule has 2 aromatic rings. The number of alkyl halides is 3. The van der Waals surface area contributed by atoms with Crippen LogP contribution in [0.25, 0.3) is 11.0 Å². The Hall–Kier alpha value is -1.52. The summed E-state index contributed by atoms with van der Waals surface area (Å²) in [6.45, 7) is 1.62. The maximum Gasteiger partial charge on any atom is 0.433 e. The van der Waals surface area contributed by atoms with Gasteiger partial charge in [-0.2, -0.15) is 13.2 Å². The van der Waals surface area contributed by atoms with Crippen LogP contribution in [0.15, 0.2) is 18.3 Å². The average Bonchev–Trinajstić information content (AvgIpc) is 2.50. The molecule has 0 saturated carbocycles. The second-order valence-electron chi connectivity index (χ2n) is 3.06. The first-order valence-electron chi connectivity index (χ1n) is 4.00. The SMILES string of the molecule is Cc1cc(C(F)(F)F)nc2cc[nH]c12. The molecule has 0 fully saturated rings. The molecule has 74 valence electrons. The Morgan fingerprint density at radius 1 is 1.36 bits per heavy atom. The highest BCUT2D eigenvalue weighted by Gasteiger charge is 2.33. The van der Waals surface area contributed by atoms with Crippen molar-refractivity contribution in [2.45, 2.75) is 13.1 Å². The lowest BCUT2D eigenvalue weighted by molar-refractivity contribution is -0.141. The number of fused-ring (bicyclic) bond motifs is 1. The van der Waals surface area contributed by atoms with E-state index in [0.29, 0.717) is 16.6 Å². The van der Waals surface area contributed by atoms with Crippen molar-refractivity contribution in [3.05, 3.63) is 29.6 Å². The Morgan fingerprint density at radius 3 is 2.71 bits per heavy atom. The summed E-state index contributed by atoms with van der Waals surface area (Å²) in [6, 6.07) is 2.57. The molecular formula is C9H7F3N2. The zero-order valence-electron chi connectivity index (χ0n) is 7.31. The van der Waals surface area contributed by atoms with Crippen molar-refractivity contribution in [1.82, 2.24) is 9.97 Å². The molecule has 0 unspecified atom stereocenters. The molecule has 2 aromatic heterocycles. The minimum absolute atomic E-state index is 0.345. The Kier molecular flexibility index (Phi) is 1.77. The minimum Gasteiger partial charge on any atom is -0.360 e. The Labute approximate surface area is 77.8 Å². The minimum atomic E-state index is -4.38. The zero-order valence-corrected chi connectivity index (χ0v) is 7.31. The van der Waals surface area contributed by atoms with Crippen molar-refractivity contribution in [3.8, 4) is 0 Å². The van der Waals surface area contributed by atoms with E-state index in [-0.39, 0.29) is 0 Å². The summed E-state index contributed by atoms with van der Waals surface area (Å²) < 4.78 is 37.0. The molecule has 14 heavy (non-hydrogen) atoms. The summed E-state index contributed by atoms with van der Waals surface area (Å²) in [5, 5.41) is 0. The molecule has 0 aliphatic carbocycles. The fourth-order valence-electron chi connectivity index (χ4n) is 1.35. The van der Waals surface area contributed by atoms with E-state index in [1.165, 1.54) is 6.07 Å². The smallest absolute Gasteiger partial charge is 0.360 e. The van der Waals surface area contributed by atoms with E-state index in [2.05, 4.69) is 9.97 Å². The maximum absolute atomic E-state index is 12.3. The molecule has 0 aliphatic heterocycles. The molecule has 1 N–H and O–H groups in total. The number of halogens is 3. The van der Waals surface area contributed by atoms with Crippen LogP contribution in [-0.4, -0.2) is 9.97 Å². The van der Waals surface area contributed by atoms with Crippen molar-refractivity contribution >= 4 is 11.0 Å².